The van der Waals surface area contributed by atoms with Crippen LogP contribution in [0.3, 0.4) is 0 Å². The molecule has 0 saturated carbocycles. The first-order valence-electron chi connectivity index (χ1n) is 9.09. The second kappa shape index (κ2) is 8.02. The van der Waals surface area contributed by atoms with Crippen molar-refractivity contribution in [2.45, 2.75) is 23.8 Å². The average molecular weight is 453 g/mol. The van der Waals surface area contributed by atoms with Crippen molar-refractivity contribution in [3.63, 3.8) is 0 Å². The largest absolute Gasteiger partial charge is 0.338 e. The molecule has 0 spiro atoms. The summed E-state index contributed by atoms with van der Waals surface area (Å²) in [6, 6.07) is 12.2. The van der Waals surface area contributed by atoms with Crippen molar-refractivity contribution in [1.82, 2.24) is 9.62 Å². The highest BCUT2D eigenvalue weighted by molar-refractivity contribution is 7.89. The molecule has 1 aromatic heterocycles. The third-order valence-corrected chi connectivity index (χ3v) is 8.12. The molecule has 1 aliphatic rings. The molecule has 1 saturated heterocycles. The monoisotopic (exact) mass is 452 g/mol. The molecule has 152 valence electrons. The number of carbonyl (C=O) groups excluding carboxylic acids is 1. The molecule has 1 fully saturated rings. The summed E-state index contributed by atoms with van der Waals surface area (Å²) in [6.45, 7) is 0.833. The Bertz CT molecular complexity index is 1160. The highest BCUT2D eigenvalue weighted by Crippen LogP contribution is 2.36. The van der Waals surface area contributed by atoms with Crippen molar-refractivity contribution in [2.24, 2.45) is 0 Å². The maximum atomic E-state index is 13.4. The van der Waals surface area contributed by atoms with E-state index < -0.39 is 10.0 Å². The van der Waals surface area contributed by atoms with Gasteiger partial charge in [0.25, 0.3) is 5.91 Å². The van der Waals surface area contributed by atoms with E-state index in [2.05, 4.69) is 4.72 Å². The molecule has 4 rings (SSSR count). The predicted molar refractivity (Wildman–Crippen MR) is 112 cm³/mol. The van der Waals surface area contributed by atoms with Gasteiger partial charge in [0.05, 0.1) is 9.92 Å². The topological polar surface area (TPSA) is 66.5 Å². The summed E-state index contributed by atoms with van der Waals surface area (Å²) in [5, 5.41) is 0.994. The Hall–Kier alpha value is -2.00. The number of rotatable bonds is 4. The predicted octanol–water partition coefficient (Wildman–Crippen LogP) is 4.28. The van der Waals surface area contributed by atoms with Crippen LogP contribution in [0, 0.1) is 5.82 Å². The molecule has 1 amide bonds. The Kier molecular flexibility index (Phi) is 5.61. The first-order chi connectivity index (χ1) is 13.8. The fourth-order valence-electron chi connectivity index (χ4n) is 3.41. The summed E-state index contributed by atoms with van der Waals surface area (Å²) < 4.78 is 41.7. The van der Waals surface area contributed by atoms with E-state index in [4.69, 9.17) is 11.6 Å². The van der Waals surface area contributed by atoms with E-state index >= 15 is 0 Å². The summed E-state index contributed by atoms with van der Waals surface area (Å²) in [7, 11) is -3.59. The van der Waals surface area contributed by atoms with Crippen LogP contribution in [-0.2, 0) is 10.0 Å². The number of likely N-dealkylation sites (tertiary alicyclic amines) is 1. The van der Waals surface area contributed by atoms with Gasteiger partial charge in [0.15, 0.2) is 0 Å². The SMILES string of the molecule is O=C(c1sc2cc(F)ccc2c1Cl)N1CCC(NS(=O)(=O)c2ccccc2)CC1. The van der Waals surface area contributed by atoms with Gasteiger partial charge >= 0.3 is 0 Å². The van der Waals surface area contributed by atoms with Crippen LogP contribution in [0.5, 0.6) is 0 Å². The number of amides is 1. The number of piperidine rings is 1. The van der Waals surface area contributed by atoms with Crippen LogP contribution in [0.2, 0.25) is 5.02 Å². The van der Waals surface area contributed by atoms with E-state index in [1.54, 1.807) is 41.3 Å². The molecule has 2 heterocycles. The minimum atomic E-state index is -3.59. The van der Waals surface area contributed by atoms with Crippen molar-refractivity contribution in [3.05, 3.63) is 64.2 Å². The zero-order valence-electron chi connectivity index (χ0n) is 15.3. The van der Waals surface area contributed by atoms with E-state index in [0.29, 0.717) is 45.9 Å². The Morgan fingerprint density at radius 3 is 2.52 bits per heavy atom. The summed E-state index contributed by atoms with van der Waals surface area (Å²) in [6.07, 6.45) is 1.02. The number of fused-ring (bicyclic) bond motifs is 1. The summed E-state index contributed by atoms with van der Waals surface area (Å²) in [5.74, 6) is -0.582. The van der Waals surface area contributed by atoms with Gasteiger partial charge in [0, 0.05) is 29.2 Å². The van der Waals surface area contributed by atoms with Gasteiger partial charge in [-0.3, -0.25) is 4.79 Å². The van der Waals surface area contributed by atoms with Crippen LogP contribution < -0.4 is 4.72 Å². The second-order valence-corrected chi connectivity index (χ2v) is 10.0. The number of hydrogen-bond donors (Lipinski definition) is 1. The molecule has 0 atom stereocenters. The minimum Gasteiger partial charge on any atom is -0.338 e. The highest BCUT2D eigenvalue weighted by Gasteiger charge is 2.29. The molecule has 0 aliphatic carbocycles. The van der Waals surface area contributed by atoms with Gasteiger partial charge in [-0.15, -0.1) is 11.3 Å². The molecule has 0 radical (unpaired) electrons. The van der Waals surface area contributed by atoms with Crippen LogP contribution in [0.1, 0.15) is 22.5 Å². The van der Waals surface area contributed by atoms with Gasteiger partial charge in [-0.25, -0.2) is 17.5 Å². The molecule has 1 aliphatic heterocycles. The number of hydrogen-bond acceptors (Lipinski definition) is 4. The van der Waals surface area contributed by atoms with Crippen LogP contribution in [0.4, 0.5) is 4.39 Å². The Balaban J connectivity index is 1.43. The molecule has 0 bridgehead atoms. The van der Waals surface area contributed by atoms with Gasteiger partial charge in [-0.05, 0) is 43.2 Å². The molecular formula is C20H18ClFN2O3S2. The van der Waals surface area contributed by atoms with E-state index in [1.165, 1.54) is 23.5 Å². The zero-order chi connectivity index (χ0) is 20.6. The van der Waals surface area contributed by atoms with Crippen LogP contribution in [0.15, 0.2) is 53.4 Å². The van der Waals surface area contributed by atoms with Crippen LogP contribution in [-0.4, -0.2) is 38.4 Å². The number of carbonyl (C=O) groups is 1. The maximum Gasteiger partial charge on any atom is 0.265 e. The van der Waals surface area contributed by atoms with Crippen LogP contribution in [0.25, 0.3) is 10.1 Å². The van der Waals surface area contributed by atoms with Crippen molar-refractivity contribution < 1.29 is 17.6 Å². The van der Waals surface area contributed by atoms with Gasteiger partial charge in [-0.2, -0.15) is 0 Å². The summed E-state index contributed by atoms with van der Waals surface area (Å²) in [4.78, 5) is 15.2. The third-order valence-electron chi connectivity index (χ3n) is 4.94. The number of nitrogens with zero attached hydrogens (tertiary/aromatic N) is 1. The van der Waals surface area contributed by atoms with Gasteiger partial charge < -0.3 is 4.90 Å². The van der Waals surface area contributed by atoms with Crippen molar-refractivity contribution in [2.75, 3.05) is 13.1 Å². The quantitative estimate of drug-likeness (QED) is 0.642. The van der Waals surface area contributed by atoms with E-state index in [-0.39, 0.29) is 22.7 Å². The third kappa shape index (κ3) is 4.16. The lowest BCUT2D eigenvalue weighted by Gasteiger charge is -2.32. The molecule has 1 N–H and O–H groups in total. The maximum absolute atomic E-state index is 13.4. The van der Waals surface area contributed by atoms with E-state index in [9.17, 15) is 17.6 Å². The first kappa shape index (κ1) is 20.3. The van der Waals surface area contributed by atoms with Crippen LogP contribution >= 0.6 is 22.9 Å². The Morgan fingerprint density at radius 1 is 1.14 bits per heavy atom. The minimum absolute atomic E-state index is 0.207. The number of benzene rings is 2. The van der Waals surface area contributed by atoms with Crippen molar-refractivity contribution in [3.8, 4) is 0 Å². The fraction of sp³-hybridized carbons (Fsp3) is 0.250. The number of sulfonamides is 1. The lowest BCUT2D eigenvalue weighted by Crippen LogP contribution is -2.46. The molecule has 2 aromatic carbocycles. The Morgan fingerprint density at radius 2 is 1.83 bits per heavy atom. The number of nitrogens with one attached hydrogen (secondary N) is 1. The lowest BCUT2D eigenvalue weighted by atomic mass is 10.1. The smallest absolute Gasteiger partial charge is 0.265 e. The Labute approximate surface area is 177 Å². The molecule has 0 unspecified atom stereocenters. The number of thiophene rings is 1. The molecule has 9 heteroatoms. The molecule has 29 heavy (non-hydrogen) atoms. The number of halogens is 2. The van der Waals surface area contributed by atoms with Gasteiger partial charge in [-0.1, -0.05) is 29.8 Å². The van der Waals surface area contributed by atoms with Crippen molar-refractivity contribution in [1.29, 1.82) is 0 Å². The first-order valence-corrected chi connectivity index (χ1v) is 11.8. The summed E-state index contributed by atoms with van der Waals surface area (Å²) >= 11 is 7.53. The average Bonchev–Trinajstić information content (AvgIpc) is 3.04. The standard InChI is InChI=1S/C20H18ClFN2O3S2/c21-18-16-7-6-13(22)12-17(16)28-19(18)20(25)24-10-8-14(9-11-24)23-29(26,27)15-4-2-1-3-5-15/h1-7,12,14,23H,8-11H2. The second-order valence-electron chi connectivity index (χ2n) is 6.89. The van der Waals surface area contributed by atoms with Gasteiger partial charge in [0.2, 0.25) is 10.0 Å². The molecule has 5 nitrogen and oxygen atoms in total. The summed E-state index contributed by atoms with van der Waals surface area (Å²) in [5.41, 5.74) is 0. The van der Waals surface area contributed by atoms with Crippen molar-refractivity contribution >= 4 is 49.0 Å². The highest BCUT2D eigenvalue weighted by atomic mass is 35.5. The van der Waals surface area contributed by atoms with Gasteiger partial charge in [0.1, 0.15) is 10.7 Å². The molecule has 3 aromatic rings. The fourth-order valence-corrected chi connectivity index (χ4v) is 6.24. The van der Waals surface area contributed by atoms with E-state index in [0.717, 1.165) is 0 Å². The lowest BCUT2D eigenvalue weighted by molar-refractivity contribution is 0.0716. The molecular weight excluding hydrogens is 435 g/mol. The normalized spacial score (nSPS) is 15.7. The zero-order valence-corrected chi connectivity index (χ0v) is 17.7. The van der Waals surface area contributed by atoms with E-state index in [1.807, 2.05) is 0 Å².